The quantitative estimate of drug-likeness (QED) is 0.748. The first kappa shape index (κ1) is 20.5. The predicted octanol–water partition coefficient (Wildman–Crippen LogP) is 1.66. The van der Waals surface area contributed by atoms with Crippen LogP contribution in [0, 0.1) is 5.82 Å². The Morgan fingerprint density at radius 1 is 1.04 bits per heavy atom. The number of halogens is 1. The van der Waals surface area contributed by atoms with E-state index in [0.717, 1.165) is 22.5 Å². The molecule has 1 fully saturated rings. The van der Waals surface area contributed by atoms with Crippen LogP contribution in [-0.4, -0.2) is 54.6 Å². The number of para-hydroxylation sites is 1. The Bertz CT molecular complexity index is 1070. The van der Waals surface area contributed by atoms with Crippen molar-refractivity contribution >= 4 is 25.7 Å². The lowest BCUT2D eigenvalue weighted by Crippen LogP contribution is -2.40. The molecule has 0 bridgehead atoms. The monoisotopic (exact) mass is 430 g/mol. The van der Waals surface area contributed by atoms with E-state index in [9.17, 15) is 21.2 Å². The highest BCUT2D eigenvalue weighted by Gasteiger charge is 2.30. The van der Waals surface area contributed by atoms with Crippen LogP contribution >= 0.6 is 0 Å². The van der Waals surface area contributed by atoms with Gasteiger partial charge in [-0.3, -0.25) is 4.72 Å². The molecule has 0 spiro atoms. The highest BCUT2D eigenvalue weighted by Crippen LogP contribution is 2.28. The SMILES string of the molecule is COc1ccccc1S(=O)(=O)Nc1ccc(F)c(S(=O)(=O)N2CCOCC2)c1. The van der Waals surface area contributed by atoms with Crippen molar-refractivity contribution in [2.75, 3.05) is 38.1 Å². The normalized spacial score (nSPS) is 15.9. The third-order valence-electron chi connectivity index (χ3n) is 4.13. The van der Waals surface area contributed by atoms with Crippen LogP contribution in [0.25, 0.3) is 0 Å². The van der Waals surface area contributed by atoms with Gasteiger partial charge in [-0.1, -0.05) is 12.1 Å². The molecule has 11 heteroatoms. The molecule has 3 rings (SSSR count). The van der Waals surface area contributed by atoms with Gasteiger partial charge in [0.2, 0.25) is 10.0 Å². The molecule has 0 amide bonds. The third-order valence-corrected chi connectivity index (χ3v) is 7.46. The average Bonchev–Trinajstić information content (AvgIpc) is 2.69. The molecular formula is C17H19FN2O6S2. The molecule has 2 aromatic carbocycles. The van der Waals surface area contributed by atoms with Crippen molar-refractivity contribution < 1.29 is 30.7 Å². The molecule has 0 aromatic heterocycles. The molecule has 1 heterocycles. The maximum absolute atomic E-state index is 14.3. The van der Waals surface area contributed by atoms with Gasteiger partial charge in [0, 0.05) is 13.1 Å². The molecule has 152 valence electrons. The van der Waals surface area contributed by atoms with Crippen molar-refractivity contribution in [1.29, 1.82) is 0 Å². The van der Waals surface area contributed by atoms with Crippen LogP contribution in [0.4, 0.5) is 10.1 Å². The van der Waals surface area contributed by atoms with Gasteiger partial charge in [-0.25, -0.2) is 21.2 Å². The number of benzene rings is 2. The smallest absolute Gasteiger partial charge is 0.265 e. The summed E-state index contributed by atoms with van der Waals surface area (Å²) < 4.78 is 78.6. The number of rotatable bonds is 6. The highest BCUT2D eigenvalue weighted by molar-refractivity contribution is 7.92. The van der Waals surface area contributed by atoms with E-state index in [0.29, 0.717) is 0 Å². The molecule has 0 radical (unpaired) electrons. The van der Waals surface area contributed by atoms with Crippen molar-refractivity contribution in [1.82, 2.24) is 4.31 Å². The van der Waals surface area contributed by atoms with Crippen LogP contribution in [-0.2, 0) is 24.8 Å². The van der Waals surface area contributed by atoms with Crippen molar-refractivity contribution in [3.8, 4) is 5.75 Å². The summed E-state index contributed by atoms with van der Waals surface area (Å²) in [5, 5.41) is 0. The Morgan fingerprint density at radius 3 is 2.39 bits per heavy atom. The van der Waals surface area contributed by atoms with E-state index in [1.807, 2.05) is 0 Å². The molecule has 0 aliphatic carbocycles. The van der Waals surface area contributed by atoms with Gasteiger partial charge in [-0.05, 0) is 30.3 Å². The fourth-order valence-corrected chi connectivity index (χ4v) is 5.46. The van der Waals surface area contributed by atoms with E-state index in [4.69, 9.17) is 9.47 Å². The molecule has 1 N–H and O–H groups in total. The number of hydrogen-bond acceptors (Lipinski definition) is 6. The van der Waals surface area contributed by atoms with Crippen LogP contribution in [0.15, 0.2) is 52.3 Å². The first-order chi connectivity index (χ1) is 13.3. The molecule has 1 saturated heterocycles. The van der Waals surface area contributed by atoms with Crippen LogP contribution in [0.1, 0.15) is 0 Å². The minimum atomic E-state index is -4.13. The lowest BCUT2D eigenvalue weighted by atomic mass is 10.3. The zero-order chi connectivity index (χ0) is 20.4. The number of sulfonamides is 2. The summed E-state index contributed by atoms with van der Waals surface area (Å²) in [6.07, 6.45) is 0. The number of ether oxygens (including phenoxy) is 2. The molecule has 0 saturated carbocycles. The standard InChI is InChI=1S/C17H19FN2O6S2/c1-25-15-4-2-3-5-16(15)27(21,22)19-13-6-7-14(18)17(12-13)28(23,24)20-8-10-26-11-9-20/h2-7,12,19H,8-11H2,1H3. The lowest BCUT2D eigenvalue weighted by Gasteiger charge is -2.26. The van der Waals surface area contributed by atoms with Crippen molar-refractivity contribution in [2.24, 2.45) is 0 Å². The summed E-state index contributed by atoms with van der Waals surface area (Å²) in [4.78, 5) is -0.728. The number of nitrogens with zero attached hydrogens (tertiary/aromatic N) is 1. The lowest BCUT2D eigenvalue weighted by molar-refractivity contribution is 0.0729. The maximum atomic E-state index is 14.3. The topological polar surface area (TPSA) is 102 Å². The largest absolute Gasteiger partial charge is 0.495 e. The Balaban J connectivity index is 1.95. The second kappa shape index (κ2) is 8.03. The number of methoxy groups -OCH3 is 1. The summed E-state index contributed by atoms with van der Waals surface area (Å²) in [6.45, 7) is 0.611. The minimum Gasteiger partial charge on any atom is -0.495 e. The average molecular weight is 430 g/mol. The first-order valence-corrected chi connectivity index (χ1v) is 11.2. The summed E-state index contributed by atoms with van der Waals surface area (Å²) in [5.41, 5.74) is -0.0841. The van der Waals surface area contributed by atoms with Crippen molar-refractivity contribution in [3.05, 3.63) is 48.3 Å². The fourth-order valence-electron chi connectivity index (χ4n) is 2.74. The zero-order valence-corrected chi connectivity index (χ0v) is 16.6. The van der Waals surface area contributed by atoms with Gasteiger partial charge in [0.25, 0.3) is 10.0 Å². The van der Waals surface area contributed by atoms with Gasteiger partial charge in [-0.2, -0.15) is 4.31 Å². The molecule has 28 heavy (non-hydrogen) atoms. The van der Waals surface area contributed by atoms with Crippen LogP contribution in [0.2, 0.25) is 0 Å². The zero-order valence-electron chi connectivity index (χ0n) is 15.0. The van der Waals surface area contributed by atoms with E-state index in [1.54, 1.807) is 6.07 Å². The summed E-state index contributed by atoms with van der Waals surface area (Å²) in [6, 6.07) is 8.99. The second-order valence-corrected chi connectivity index (χ2v) is 9.48. The molecule has 8 nitrogen and oxygen atoms in total. The number of morpholine rings is 1. The molecule has 1 aliphatic rings. The number of anilines is 1. The van der Waals surface area contributed by atoms with Crippen molar-refractivity contribution in [3.63, 3.8) is 0 Å². The highest BCUT2D eigenvalue weighted by atomic mass is 32.2. The fraction of sp³-hybridized carbons (Fsp3) is 0.294. The molecular weight excluding hydrogens is 411 g/mol. The summed E-state index contributed by atoms with van der Waals surface area (Å²) in [5.74, 6) is -0.843. The van der Waals surface area contributed by atoms with Gasteiger partial charge in [-0.15, -0.1) is 0 Å². The van der Waals surface area contributed by atoms with E-state index < -0.39 is 30.8 Å². The van der Waals surface area contributed by atoms with Crippen LogP contribution in [0.5, 0.6) is 5.75 Å². The van der Waals surface area contributed by atoms with E-state index in [-0.39, 0.29) is 42.6 Å². The van der Waals surface area contributed by atoms with E-state index in [1.165, 1.54) is 25.3 Å². The Labute approximate surface area is 163 Å². The predicted molar refractivity (Wildman–Crippen MR) is 99.8 cm³/mol. The number of nitrogens with one attached hydrogen (secondary N) is 1. The van der Waals surface area contributed by atoms with Crippen molar-refractivity contribution in [2.45, 2.75) is 9.79 Å². The van der Waals surface area contributed by atoms with Crippen LogP contribution in [0.3, 0.4) is 0 Å². The molecule has 2 aromatic rings. The first-order valence-electron chi connectivity index (χ1n) is 8.29. The Morgan fingerprint density at radius 2 is 1.71 bits per heavy atom. The van der Waals surface area contributed by atoms with Crippen LogP contribution < -0.4 is 9.46 Å². The molecule has 1 aliphatic heterocycles. The van der Waals surface area contributed by atoms with Gasteiger partial charge in [0.1, 0.15) is 21.4 Å². The maximum Gasteiger partial charge on any atom is 0.265 e. The minimum absolute atomic E-state index is 0.0841. The van der Waals surface area contributed by atoms with E-state index in [2.05, 4.69) is 4.72 Å². The second-order valence-electron chi connectivity index (χ2n) is 5.92. The Hall–Kier alpha value is -2.21. The van der Waals surface area contributed by atoms with Gasteiger partial charge in [0.15, 0.2) is 0 Å². The van der Waals surface area contributed by atoms with Gasteiger partial charge >= 0.3 is 0 Å². The van der Waals surface area contributed by atoms with Gasteiger partial charge < -0.3 is 9.47 Å². The third kappa shape index (κ3) is 4.12. The van der Waals surface area contributed by atoms with Gasteiger partial charge in [0.05, 0.1) is 26.0 Å². The molecule has 0 unspecified atom stereocenters. The Kier molecular flexibility index (Phi) is 5.89. The summed E-state index contributed by atoms with van der Waals surface area (Å²) in [7, 11) is -6.88. The molecule has 0 atom stereocenters. The number of hydrogen-bond donors (Lipinski definition) is 1. The van der Waals surface area contributed by atoms with E-state index >= 15 is 0 Å². The summed E-state index contributed by atoms with van der Waals surface area (Å²) >= 11 is 0.